The molecule has 0 radical (unpaired) electrons. The van der Waals surface area contributed by atoms with Crippen LogP contribution in [0.1, 0.15) is 18.1 Å². The summed E-state index contributed by atoms with van der Waals surface area (Å²) in [7, 11) is 0. The minimum absolute atomic E-state index is 0.281. The maximum absolute atomic E-state index is 13.0. The lowest BCUT2D eigenvalue weighted by Gasteiger charge is -2.12. The van der Waals surface area contributed by atoms with Crippen LogP contribution in [0.15, 0.2) is 46.9 Å². The Labute approximate surface area is 127 Å². The normalized spacial score (nSPS) is 10.6. The van der Waals surface area contributed by atoms with Crippen LogP contribution in [-0.4, -0.2) is 6.54 Å². The Morgan fingerprint density at radius 3 is 2.60 bits per heavy atom. The largest absolute Gasteiger partial charge is 0.488 e. The number of benzene rings is 2. The van der Waals surface area contributed by atoms with Gasteiger partial charge in [-0.25, -0.2) is 4.39 Å². The second-order valence-corrected chi connectivity index (χ2v) is 5.27. The van der Waals surface area contributed by atoms with Crippen LogP contribution in [0, 0.1) is 5.82 Å². The predicted octanol–water partition coefficient (Wildman–Crippen LogP) is 4.28. The Kier molecular flexibility index (Phi) is 5.56. The summed E-state index contributed by atoms with van der Waals surface area (Å²) in [5.74, 6) is 0.362. The Morgan fingerprint density at radius 2 is 1.90 bits per heavy atom. The van der Waals surface area contributed by atoms with Crippen molar-refractivity contribution in [3.8, 4) is 5.75 Å². The standard InChI is InChI=1S/C16H17BrFNO/c1-2-19-10-12-5-3-4-6-13(12)11-20-16-8-7-14(18)9-15(16)17/h3-9,19H,2,10-11H2,1H3. The minimum Gasteiger partial charge on any atom is -0.488 e. The van der Waals surface area contributed by atoms with Gasteiger partial charge in [0.25, 0.3) is 0 Å². The van der Waals surface area contributed by atoms with E-state index in [9.17, 15) is 4.39 Å². The predicted molar refractivity (Wildman–Crippen MR) is 82.3 cm³/mol. The van der Waals surface area contributed by atoms with Crippen LogP contribution in [0.2, 0.25) is 0 Å². The summed E-state index contributed by atoms with van der Waals surface area (Å²) in [5, 5.41) is 3.31. The van der Waals surface area contributed by atoms with E-state index in [1.165, 1.54) is 17.7 Å². The van der Waals surface area contributed by atoms with E-state index in [1.54, 1.807) is 6.07 Å². The Balaban J connectivity index is 2.06. The van der Waals surface area contributed by atoms with Crippen LogP contribution in [0.3, 0.4) is 0 Å². The highest BCUT2D eigenvalue weighted by Gasteiger charge is 2.05. The topological polar surface area (TPSA) is 21.3 Å². The fraction of sp³-hybridized carbons (Fsp3) is 0.250. The van der Waals surface area contributed by atoms with Gasteiger partial charge in [0.05, 0.1) is 4.47 Å². The van der Waals surface area contributed by atoms with Crippen LogP contribution >= 0.6 is 15.9 Å². The summed E-state index contributed by atoms with van der Waals surface area (Å²) in [4.78, 5) is 0. The zero-order valence-electron chi connectivity index (χ0n) is 11.3. The van der Waals surface area contributed by atoms with Gasteiger partial charge in [0.15, 0.2) is 0 Å². The molecule has 1 N–H and O–H groups in total. The highest BCUT2D eigenvalue weighted by molar-refractivity contribution is 9.10. The molecule has 0 saturated heterocycles. The van der Waals surface area contributed by atoms with Gasteiger partial charge >= 0.3 is 0 Å². The molecular weight excluding hydrogens is 321 g/mol. The first-order valence-corrected chi connectivity index (χ1v) is 7.35. The van der Waals surface area contributed by atoms with Crippen molar-refractivity contribution in [1.29, 1.82) is 0 Å². The number of nitrogens with one attached hydrogen (secondary N) is 1. The molecule has 0 amide bonds. The molecule has 106 valence electrons. The lowest BCUT2D eigenvalue weighted by molar-refractivity contribution is 0.302. The lowest BCUT2D eigenvalue weighted by atomic mass is 10.1. The lowest BCUT2D eigenvalue weighted by Crippen LogP contribution is -2.14. The molecular formula is C16H17BrFNO. The summed E-state index contributed by atoms with van der Waals surface area (Å²) >= 11 is 3.30. The first kappa shape index (κ1) is 15.0. The van der Waals surface area contributed by atoms with E-state index in [-0.39, 0.29) is 5.82 Å². The number of ether oxygens (including phenoxy) is 1. The molecule has 0 atom stereocenters. The molecule has 0 heterocycles. The molecule has 2 nitrogen and oxygen atoms in total. The van der Waals surface area contributed by atoms with Crippen LogP contribution < -0.4 is 10.1 Å². The monoisotopic (exact) mass is 337 g/mol. The molecule has 0 aliphatic rings. The number of hydrogen-bond acceptors (Lipinski definition) is 2. The summed E-state index contributed by atoms with van der Waals surface area (Å²) in [6.07, 6.45) is 0. The van der Waals surface area contributed by atoms with Gasteiger partial charge in [0, 0.05) is 6.54 Å². The molecule has 0 unspecified atom stereocenters. The fourth-order valence-corrected chi connectivity index (χ4v) is 2.34. The summed E-state index contributed by atoms with van der Waals surface area (Å²) in [6, 6.07) is 12.6. The van der Waals surface area contributed by atoms with Crippen molar-refractivity contribution in [3.05, 3.63) is 63.9 Å². The average Bonchev–Trinajstić information content (AvgIpc) is 2.45. The third kappa shape index (κ3) is 4.05. The number of halogens is 2. The van der Waals surface area contributed by atoms with Gasteiger partial charge in [-0.05, 0) is 51.8 Å². The van der Waals surface area contributed by atoms with Crippen LogP contribution in [-0.2, 0) is 13.2 Å². The molecule has 20 heavy (non-hydrogen) atoms. The van der Waals surface area contributed by atoms with Gasteiger partial charge in [0.1, 0.15) is 18.2 Å². The van der Waals surface area contributed by atoms with E-state index in [0.717, 1.165) is 18.7 Å². The van der Waals surface area contributed by atoms with Crippen molar-refractivity contribution in [3.63, 3.8) is 0 Å². The molecule has 0 bridgehead atoms. The Bertz CT molecular complexity index is 574. The second-order valence-electron chi connectivity index (χ2n) is 4.41. The van der Waals surface area contributed by atoms with Gasteiger partial charge < -0.3 is 10.1 Å². The van der Waals surface area contributed by atoms with Gasteiger partial charge in [0.2, 0.25) is 0 Å². The van der Waals surface area contributed by atoms with Crippen LogP contribution in [0.25, 0.3) is 0 Å². The summed E-state index contributed by atoms with van der Waals surface area (Å²) < 4.78 is 19.4. The first-order valence-electron chi connectivity index (χ1n) is 6.56. The molecule has 4 heteroatoms. The van der Waals surface area contributed by atoms with Gasteiger partial charge in [-0.3, -0.25) is 0 Å². The highest BCUT2D eigenvalue weighted by atomic mass is 79.9. The third-order valence-corrected chi connectivity index (χ3v) is 3.58. The maximum atomic E-state index is 13.0. The van der Waals surface area contributed by atoms with Crippen molar-refractivity contribution < 1.29 is 9.13 Å². The van der Waals surface area contributed by atoms with Crippen molar-refractivity contribution in [2.24, 2.45) is 0 Å². The van der Waals surface area contributed by atoms with E-state index >= 15 is 0 Å². The van der Waals surface area contributed by atoms with Gasteiger partial charge in [-0.1, -0.05) is 31.2 Å². The molecule has 0 aliphatic carbocycles. The quantitative estimate of drug-likeness (QED) is 0.849. The SMILES string of the molecule is CCNCc1ccccc1COc1ccc(F)cc1Br. The molecule has 2 aromatic rings. The van der Waals surface area contributed by atoms with Gasteiger partial charge in [-0.2, -0.15) is 0 Å². The summed E-state index contributed by atoms with van der Waals surface area (Å²) in [5.41, 5.74) is 2.34. The van der Waals surface area contributed by atoms with E-state index in [2.05, 4.69) is 34.2 Å². The molecule has 0 aromatic heterocycles. The average molecular weight is 338 g/mol. The molecule has 0 aliphatic heterocycles. The first-order chi connectivity index (χ1) is 9.70. The zero-order valence-corrected chi connectivity index (χ0v) is 12.9. The van der Waals surface area contributed by atoms with Gasteiger partial charge in [-0.15, -0.1) is 0 Å². The number of hydrogen-bond donors (Lipinski definition) is 1. The second kappa shape index (κ2) is 7.41. The third-order valence-electron chi connectivity index (χ3n) is 2.96. The van der Waals surface area contributed by atoms with E-state index in [0.29, 0.717) is 16.8 Å². The zero-order chi connectivity index (χ0) is 14.4. The Hall–Kier alpha value is -1.39. The van der Waals surface area contributed by atoms with E-state index in [4.69, 9.17) is 4.74 Å². The highest BCUT2D eigenvalue weighted by Crippen LogP contribution is 2.26. The van der Waals surface area contributed by atoms with Crippen molar-refractivity contribution >= 4 is 15.9 Å². The molecule has 0 fully saturated rings. The number of rotatable bonds is 6. The molecule has 2 rings (SSSR count). The van der Waals surface area contributed by atoms with Crippen molar-refractivity contribution in [2.45, 2.75) is 20.1 Å². The smallest absolute Gasteiger partial charge is 0.134 e. The molecule has 2 aromatic carbocycles. The van der Waals surface area contributed by atoms with Crippen LogP contribution in [0.4, 0.5) is 4.39 Å². The van der Waals surface area contributed by atoms with Crippen molar-refractivity contribution in [1.82, 2.24) is 5.32 Å². The summed E-state index contributed by atoms with van der Waals surface area (Å²) in [6.45, 7) is 4.29. The van der Waals surface area contributed by atoms with E-state index in [1.807, 2.05) is 18.2 Å². The molecule has 0 spiro atoms. The molecule has 0 saturated carbocycles. The van der Waals surface area contributed by atoms with E-state index < -0.39 is 0 Å². The minimum atomic E-state index is -0.281. The van der Waals surface area contributed by atoms with Crippen molar-refractivity contribution in [2.75, 3.05) is 6.54 Å². The van der Waals surface area contributed by atoms with Crippen LogP contribution in [0.5, 0.6) is 5.75 Å². The fourth-order valence-electron chi connectivity index (χ4n) is 1.88. The Morgan fingerprint density at radius 1 is 1.15 bits per heavy atom. The maximum Gasteiger partial charge on any atom is 0.134 e.